The van der Waals surface area contributed by atoms with E-state index in [4.69, 9.17) is 29.3 Å². The molecule has 0 spiro atoms. The highest BCUT2D eigenvalue weighted by Gasteiger charge is 2.20. The van der Waals surface area contributed by atoms with Gasteiger partial charge in [-0.15, -0.1) is 0 Å². The first-order valence-corrected chi connectivity index (χ1v) is 8.48. The molecule has 1 unspecified atom stereocenters. The number of anilines is 1. The number of aromatic nitrogens is 3. The van der Waals surface area contributed by atoms with Crippen molar-refractivity contribution in [3.05, 3.63) is 36.8 Å². The van der Waals surface area contributed by atoms with Crippen molar-refractivity contribution in [2.75, 3.05) is 31.6 Å². The van der Waals surface area contributed by atoms with Gasteiger partial charge in [0.1, 0.15) is 12.7 Å². The van der Waals surface area contributed by atoms with Gasteiger partial charge < -0.3 is 30.3 Å². The highest BCUT2D eigenvalue weighted by Crippen LogP contribution is 2.27. The highest BCUT2D eigenvalue weighted by atomic mass is 16.6. The topological polar surface area (TPSA) is 156 Å². The lowest BCUT2D eigenvalue weighted by Crippen LogP contribution is -2.39. The summed E-state index contributed by atoms with van der Waals surface area (Å²) in [5.41, 5.74) is 0. The van der Waals surface area contributed by atoms with Crippen LogP contribution in [0.25, 0.3) is 0 Å². The first-order chi connectivity index (χ1) is 13.6. The molecule has 0 fully saturated rings. The summed E-state index contributed by atoms with van der Waals surface area (Å²) < 4.78 is 11.4. The van der Waals surface area contributed by atoms with Gasteiger partial charge in [0, 0.05) is 31.7 Å². The van der Waals surface area contributed by atoms with Crippen LogP contribution in [-0.2, 0) is 9.59 Å². The number of pyridine rings is 1. The molecule has 150 valence electrons. The number of carboxylic acids is 2. The van der Waals surface area contributed by atoms with Gasteiger partial charge in [0.15, 0.2) is 5.75 Å². The largest absolute Gasteiger partial charge is 0.480 e. The maximum Gasteiger partial charge on any atom is 0.414 e. The Hall–Kier alpha value is -3.47. The van der Waals surface area contributed by atoms with Crippen LogP contribution >= 0.6 is 0 Å². The van der Waals surface area contributed by atoms with Crippen LogP contribution in [0, 0.1) is 0 Å². The summed E-state index contributed by atoms with van der Waals surface area (Å²) >= 11 is 0. The van der Waals surface area contributed by atoms with Crippen molar-refractivity contribution in [1.29, 1.82) is 0 Å². The van der Waals surface area contributed by atoms with E-state index in [1.54, 1.807) is 24.7 Å². The maximum absolute atomic E-state index is 9.10. The van der Waals surface area contributed by atoms with Crippen LogP contribution in [0.1, 0.15) is 6.42 Å². The van der Waals surface area contributed by atoms with Gasteiger partial charge in [-0.25, -0.2) is 24.5 Å². The fraction of sp³-hybridized carbons (Fsp3) is 0.353. The minimum absolute atomic E-state index is 0.0158. The Bertz CT molecular complexity index is 749. The number of hydrogen-bond donors (Lipinski definition) is 4. The van der Waals surface area contributed by atoms with Gasteiger partial charge in [-0.3, -0.25) is 0 Å². The van der Waals surface area contributed by atoms with E-state index in [0.29, 0.717) is 24.2 Å². The third kappa shape index (κ3) is 7.41. The SMILES string of the molecule is O=C(O)C(=O)O.c1cnc(NCCCNCC2COc3ncccc3O2)nc1. The Kier molecular flexibility index (Phi) is 8.40. The molecule has 0 saturated heterocycles. The summed E-state index contributed by atoms with van der Waals surface area (Å²) in [6.45, 7) is 2.98. The Labute approximate surface area is 160 Å². The first kappa shape index (κ1) is 20.8. The lowest BCUT2D eigenvalue weighted by atomic mass is 10.3. The van der Waals surface area contributed by atoms with Crippen LogP contribution in [0.5, 0.6) is 11.6 Å². The van der Waals surface area contributed by atoms with Crippen molar-refractivity contribution in [2.24, 2.45) is 0 Å². The monoisotopic (exact) mass is 391 g/mol. The zero-order valence-corrected chi connectivity index (χ0v) is 14.9. The van der Waals surface area contributed by atoms with Crippen LogP contribution < -0.4 is 20.1 Å². The molecule has 3 rings (SSSR count). The molecule has 2 aromatic heterocycles. The van der Waals surface area contributed by atoms with Crippen LogP contribution in [0.3, 0.4) is 0 Å². The minimum atomic E-state index is -1.82. The number of ether oxygens (including phenoxy) is 2. The number of aliphatic carboxylic acids is 2. The molecule has 0 amide bonds. The number of carboxylic acid groups (broad SMARTS) is 2. The van der Waals surface area contributed by atoms with E-state index in [2.05, 4.69) is 25.6 Å². The standard InChI is InChI=1S/C15H19N5O2.C2H2O4/c1-4-13-14(17-6-1)21-11-12(22-13)10-16-5-2-7-18-15-19-8-3-9-20-15;3-1(4)2(5)6/h1,3-4,6,8-9,12,16H,2,5,7,10-11H2,(H,18,19,20);(H,3,4)(H,5,6). The van der Waals surface area contributed by atoms with E-state index in [9.17, 15) is 0 Å². The molecule has 28 heavy (non-hydrogen) atoms. The zero-order chi connectivity index (χ0) is 20.2. The second-order valence-corrected chi connectivity index (χ2v) is 5.52. The third-order valence-electron chi connectivity index (χ3n) is 3.37. The zero-order valence-electron chi connectivity index (χ0n) is 14.9. The van der Waals surface area contributed by atoms with Crippen molar-refractivity contribution < 1.29 is 29.3 Å². The molecule has 0 radical (unpaired) electrons. The number of hydrogen-bond acceptors (Lipinski definition) is 9. The van der Waals surface area contributed by atoms with Gasteiger partial charge in [-0.2, -0.15) is 0 Å². The smallest absolute Gasteiger partial charge is 0.414 e. The van der Waals surface area contributed by atoms with Gasteiger partial charge in [0.2, 0.25) is 5.95 Å². The van der Waals surface area contributed by atoms with Crippen LogP contribution in [-0.4, -0.2) is 69.4 Å². The van der Waals surface area contributed by atoms with Crippen molar-refractivity contribution >= 4 is 17.9 Å². The Morgan fingerprint density at radius 1 is 1.07 bits per heavy atom. The Morgan fingerprint density at radius 2 is 1.79 bits per heavy atom. The van der Waals surface area contributed by atoms with Crippen LogP contribution in [0.2, 0.25) is 0 Å². The molecule has 11 heteroatoms. The van der Waals surface area contributed by atoms with E-state index < -0.39 is 11.9 Å². The quantitative estimate of drug-likeness (QED) is 0.379. The molecule has 11 nitrogen and oxygen atoms in total. The van der Waals surface area contributed by atoms with Crippen molar-refractivity contribution in [3.8, 4) is 11.6 Å². The first-order valence-electron chi connectivity index (χ1n) is 8.48. The highest BCUT2D eigenvalue weighted by molar-refractivity contribution is 6.27. The van der Waals surface area contributed by atoms with E-state index in [-0.39, 0.29) is 6.10 Å². The average Bonchev–Trinajstić information content (AvgIpc) is 2.71. The molecule has 0 bridgehead atoms. The molecule has 1 aliphatic rings. The van der Waals surface area contributed by atoms with E-state index >= 15 is 0 Å². The van der Waals surface area contributed by atoms with E-state index in [0.717, 1.165) is 26.1 Å². The maximum atomic E-state index is 9.10. The van der Waals surface area contributed by atoms with Gasteiger partial charge >= 0.3 is 11.9 Å². The minimum Gasteiger partial charge on any atom is -0.480 e. The fourth-order valence-corrected chi connectivity index (χ4v) is 2.13. The van der Waals surface area contributed by atoms with E-state index in [1.165, 1.54) is 0 Å². The predicted octanol–water partition coefficient (Wildman–Crippen LogP) is 0.259. The molecular weight excluding hydrogens is 370 g/mol. The molecule has 3 heterocycles. The number of nitrogens with one attached hydrogen (secondary N) is 2. The third-order valence-corrected chi connectivity index (χ3v) is 3.37. The molecule has 4 N–H and O–H groups in total. The Morgan fingerprint density at radius 3 is 2.50 bits per heavy atom. The molecule has 1 atom stereocenters. The van der Waals surface area contributed by atoms with Crippen LogP contribution in [0.15, 0.2) is 36.8 Å². The Balaban J connectivity index is 0.000000409. The summed E-state index contributed by atoms with van der Waals surface area (Å²) in [4.78, 5) is 30.5. The van der Waals surface area contributed by atoms with Gasteiger partial charge in [-0.05, 0) is 31.2 Å². The molecule has 0 aliphatic carbocycles. The summed E-state index contributed by atoms with van der Waals surface area (Å²) in [7, 11) is 0. The lowest BCUT2D eigenvalue weighted by molar-refractivity contribution is -0.159. The summed E-state index contributed by atoms with van der Waals surface area (Å²) in [6.07, 6.45) is 6.14. The number of rotatable bonds is 7. The normalized spacial score (nSPS) is 14.4. The van der Waals surface area contributed by atoms with Crippen molar-refractivity contribution in [2.45, 2.75) is 12.5 Å². The van der Waals surface area contributed by atoms with Gasteiger partial charge in [0.25, 0.3) is 5.88 Å². The number of nitrogens with zero attached hydrogens (tertiary/aromatic N) is 3. The summed E-state index contributed by atoms with van der Waals surface area (Å²) in [5, 5.41) is 21.3. The average molecular weight is 391 g/mol. The summed E-state index contributed by atoms with van der Waals surface area (Å²) in [5.74, 6) is -1.70. The molecule has 0 saturated carbocycles. The second kappa shape index (κ2) is 11.3. The van der Waals surface area contributed by atoms with Gasteiger partial charge in [-0.1, -0.05) is 0 Å². The second-order valence-electron chi connectivity index (χ2n) is 5.52. The summed E-state index contributed by atoms with van der Waals surface area (Å²) in [6, 6.07) is 5.51. The predicted molar refractivity (Wildman–Crippen MR) is 97.4 cm³/mol. The molecular formula is C17H21N5O6. The van der Waals surface area contributed by atoms with E-state index in [1.807, 2.05) is 12.1 Å². The number of carbonyl (C=O) groups is 2. The fourth-order valence-electron chi connectivity index (χ4n) is 2.13. The lowest BCUT2D eigenvalue weighted by Gasteiger charge is -2.25. The van der Waals surface area contributed by atoms with Crippen molar-refractivity contribution in [3.63, 3.8) is 0 Å². The molecule has 0 aromatic carbocycles. The molecule has 1 aliphatic heterocycles. The van der Waals surface area contributed by atoms with Crippen molar-refractivity contribution in [1.82, 2.24) is 20.3 Å². The van der Waals surface area contributed by atoms with Gasteiger partial charge in [0.05, 0.1) is 0 Å². The number of fused-ring (bicyclic) bond motifs is 1. The molecule has 2 aromatic rings. The van der Waals surface area contributed by atoms with Crippen LogP contribution in [0.4, 0.5) is 5.95 Å².